The van der Waals surface area contributed by atoms with Crippen LogP contribution >= 0.6 is 11.6 Å². The van der Waals surface area contributed by atoms with Crippen molar-refractivity contribution in [3.63, 3.8) is 0 Å². The summed E-state index contributed by atoms with van der Waals surface area (Å²) in [5, 5.41) is 4.00. The molecule has 0 heterocycles. The van der Waals surface area contributed by atoms with Gasteiger partial charge in [-0.05, 0) is 37.1 Å². The van der Waals surface area contributed by atoms with E-state index in [1.165, 1.54) is 6.07 Å². The molecular formula is C14H21ClFN. The summed E-state index contributed by atoms with van der Waals surface area (Å²) in [5.74, 6) is 0.206. The van der Waals surface area contributed by atoms with Gasteiger partial charge >= 0.3 is 0 Å². The highest BCUT2D eigenvalue weighted by atomic mass is 35.5. The molecule has 3 heteroatoms. The summed E-state index contributed by atoms with van der Waals surface area (Å²) < 4.78 is 13.8. The second-order valence-corrected chi connectivity index (χ2v) is 4.92. The van der Waals surface area contributed by atoms with Crippen LogP contribution in [-0.2, 0) is 0 Å². The van der Waals surface area contributed by atoms with Crippen LogP contribution in [0.5, 0.6) is 0 Å². The van der Waals surface area contributed by atoms with Crippen LogP contribution in [-0.4, -0.2) is 6.54 Å². The van der Waals surface area contributed by atoms with E-state index in [9.17, 15) is 4.39 Å². The Kier molecular flexibility index (Phi) is 5.93. The third-order valence-corrected chi connectivity index (χ3v) is 3.36. The molecule has 0 saturated carbocycles. The van der Waals surface area contributed by atoms with Gasteiger partial charge < -0.3 is 5.32 Å². The third-order valence-electron chi connectivity index (χ3n) is 3.12. The summed E-state index contributed by atoms with van der Waals surface area (Å²) in [6, 6.07) is 4.81. The lowest BCUT2D eigenvalue weighted by atomic mass is 9.92. The fraction of sp³-hybridized carbons (Fsp3) is 0.571. The van der Waals surface area contributed by atoms with Gasteiger partial charge in [0.1, 0.15) is 5.82 Å². The molecule has 1 nitrogen and oxygen atoms in total. The van der Waals surface area contributed by atoms with Crippen LogP contribution in [0.1, 0.15) is 45.2 Å². The van der Waals surface area contributed by atoms with Crippen LogP contribution in [0.3, 0.4) is 0 Å². The van der Waals surface area contributed by atoms with Crippen LogP contribution in [0.2, 0.25) is 5.02 Å². The van der Waals surface area contributed by atoms with Gasteiger partial charge in [0.15, 0.2) is 0 Å². The maximum absolute atomic E-state index is 13.8. The molecule has 17 heavy (non-hydrogen) atoms. The fourth-order valence-corrected chi connectivity index (χ4v) is 2.09. The second-order valence-electron chi connectivity index (χ2n) is 4.48. The van der Waals surface area contributed by atoms with Gasteiger partial charge in [-0.15, -0.1) is 0 Å². The largest absolute Gasteiger partial charge is 0.310 e. The Morgan fingerprint density at radius 2 is 2.06 bits per heavy atom. The molecule has 0 aromatic heterocycles. The number of benzene rings is 1. The Morgan fingerprint density at radius 1 is 1.35 bits per heavy atom. The SMILES string of the molecule is CCCNC(c1cc(Cl)ccc1F)C(C)CC. The van der Waals surface area contributed by atoms with Crippen molar-refractivity contribution >= 4 is 11.6 Å². The summed E-state index contributed by atoms with van der Waals surface area (Å²) in [6.07, 6.45) is 2.04. The first-order valence-electron chi connectivity index (χ1n) is 6.28. The molecule has 2 unspecified atom stereocenters. The topological polar surface area (TPSA) is 12.0 Å². The van der Waals surface area contributed by atoms with E-state index in [1.54, 1.807) is 12.1 Å². The first-order chi connectivity index (χ1) is 8.10. The standard InChI is InChI=1S/C14H21ClFN/c1-4-8-17-14(10(3)5-2)12-9-11(15)6-7-13(12)16/h6-7,9-10,14,17H,4-5,8H2,1-3H3. The molecule has 1 aromatic rings. The molecule has 0 aliphatic rings. The Bertz CT molecular complexity index is 354. The van der Waals surface area contributed by atoms with Gasteiger partial charge in [0.2, 0.25) is 0 Å². The molecule has 1 aromatic carbocycles. The molecule has 1 N–H and O–H groups in total. The average Bonchev–Trinajstić information content (AvgIpc) is 2.33. The summed E-state index contributed by atoms with van der Waals surface area (Å²) >= 11 is 5.95. The summed E-state index contributed by atoms with van der Waals surface area (Å²) in [4.78, 5) is 0. The summed E-state index contributed by atoms with van der Waals surface area (Å²) in [7, 11) is 0. The number of nitrogens with one attached hydrogen (secondary N) is 1. The molecular weight excluding hydrogens is 237 g/mol. The van der Waals surface area contributed by atoms with Crippen LogP contribution in [0.25, 0.3) is 0 Å². The highest BCUT2D eigenvalue weighted by Crippen LogP contribution is 2.28. The number of rotatable bonds is 6. The Balaban J connectivity index is 2.98. The molecule has 0 amide bonds. The maximum Gasteiger partial charge on any atom is 0.128 e. The van der Waals surface area contributed by atoms with E-state index >= 15 is 0 Å². The van der Waals surface area contributed by atoms with Crippen molar-refractivity contribution in [2.24, 2.45) is 5.92 Å². The molecule has 0 radical (unpaired) electrons. The summed E-state index contributed by atoms with van der Waals surface area (Å²) in [6.45, 7) is 7.25. The quantitative estimate of drug-likeness (QED) is 0.787. The first-order valence-corrected chi connectivity index (χ1v) is 6.66. The van der Waals surface area contributed by atoms with Crippen molar-refractivity contribution < 1.29 is 4.39 Å². The summed E-state index contributed by atoms with van der Waals surface area (Å²) in [5.41, 5.74) is 0.681. The van der Waals surface area contributed by atoms with Crippen LogP contribution in [0.15, 0.2) is 18.2 Å². The number of halogens is 2. The molecule has 2 atom stereocenters. The highest BCUT2D eigenvalue weighted by Gasteiger charge is 2.20. The minimum absolute atomic E-state index is 0.0404. The van der Waals surface area contributed by atoms with Gasteiger partial charge in [-0.3, -0.25) is 0 Å². The van der Waals surface area contributed by atoms with Crippen LogP contribution < -0.4 is 5.32 Å². The predicted octanol–water partition coefficient (Wildman–Crippen LogP) is 4.57. The van der Waals surface area contributed by atoms with Gasteiger partial charge in [0, 0.05) is 16.6 Å². The van der Waals surface area contributed by atoms with E-state index in [0.29, 0.717) is 16.5 Å². The molecule has 0 fully saturated rings. The van der Waals surface area contributed by atoms with Crippen molar-refractivity contribution in [3.8, 4) is 0 Å². The van der Waals surface area contributed by atoms with Crippen LogP contribution in [0.4, 0.5) is 4.39 Å². The van der Waals surface area contributed by atoms with Crippen molar-refractivity contribution in [2.45, 2.75) is 39.7 Å². The van der Waals surface area contributed by atoms with E-state index in [0.717, 1.165) is 19.4 Å². The maximum atomic E-state index is 13.8. The van der Waals surface area contributed by atoms with Crippen molar-refractivity contribution in [1.29, 1.82) is 0 Å². The molecule has 0 aliphatic heterocycles. The van der Waals surface area contributed by atoms with E-state index in [-0.39, 0.29) is 11.9 Å². The zero-order valence-corrected chi connectivity index (χ0v) is 11.5. The first kappa shape index (κ1) is 14.5. The fourth-order valence-electron chi connectivity index (χ4n) is 1.91. The lowest BCUT2D eigenvalue weighted by Gasteiger charge is -2.25. The predicted molar refractivity (Wildman–Crippen MR) is 71.9 cm³/mol. The molecule has 1 rings (SSSR count). The lowest BCUT2D eigenvalue weighted by Crippen LogP contribution is -2.28. The zero-order chi connectivity index (χ0) is 12.8. The van der Waals surface area contributed by atoms with Gasteiger partial charge in [-0.2, -0.15) is 0 Å². The number of hydrogen-bond acceptors (Lipinski definition) is 1. The molecule has 0 saturated heterocycles. The Labute approximate surface area is 108 Å². The monoisotopic (exact) mass is 257 g/mol. The van der Waals surface area contributed by atoms with Crippen LogP contribution in [0, 0.1) is 11.7 Å². The second kappa shape index (κ2) is 6.97. The van der Waals surface area contributed by atoms with Gasteiger partial charge in [0.25, 0.3) is 0 Å². The van der Waals surface area contributed by atoms with Crippen molar-refractivity contribution in [3.05, 3.63) is 34.6 Å². The van der Waals surface area contributed by atoms with E-state index in [2.05, 4.69) is 26.1 Å². The Hall–Kier alpha value is -0.600. The normalized spacial score (nSPS) is 14.6. The van der Waals surface area contributed by atoms with Crippen molar-refractivity contribution in [1.82, 2.24) is 5.32 Å². The molecule has 0 spiro atoms. The van der Waals surface area contributed by atoms with E-state index < -0.39 is 0 Å². The van der Waals surface area contributed by atoms with Gasteiger partial charge in [-0.25, -0.2) is 4.39 Å². The molecule has 0 bridgehead atoms. The highest BCUT2D eigenvalue weighted by molar-refractivity contribution is 6.30. The zero-order valence-electron chi connectivity index (χ0n) is 10.8. The molecule has 0 aliphatic carbocycles. The van der Waals surface area contributed by atoms with E-state index in [1.807, 2.05) is 0 Å². The van der Waals surface area contributed by atoms with Crippen molar-refractivity contribution in [2.75, 3.05) is 6.54 Å². The van der Waals surface area contributed by atoms with Gasteiger partial charge in [-0.1, -0.05) is 38.8 Å². The number of hydrogen-bond donors (Lipinski definition) is 1. The third kappa shape index (κ3) is 3.97. The van der Waals surface area contributed by atoms with E-state index in [4.69, 9.17) is 11.6 Å². The lowest BCUT2D eigenvalue weighted by molar-refractivity contribution is 0.366. The smallest absolute Gasteiger partial charge is 0.128 e. The molecule has 96 valence electrons. The van der Waals surface area contributed by atoms with Gasteiger partial charge in [0.05, 0.1) is 0 Å². The Morgan fingerprint density at radius 3 is 2.65 bits per heavy atom. The minimum atomic E-state index is -0.177. The minimum Gasteiger partial charge on any atom is -0.310 e. The average molecular weight is 258 g/mol.